The third kappa shape index (κ3) is 4.46. The van der Waals surface area contributed by atoms with Gasteiger partial charge in [0.1, 0.15) is 0 Å². The minimum Gasteiger partial charge on any atom is -0.366 e. The molecule has 1 aliphatic carbocycles. The molecule has 0 spiro atoms. The van der Waals surface area contributed by atoms with Crippen molar-refractivity contribution in [2.24, 2.45) is 23.2 Å². The lowest BCUT2D eigenvalue weighted by molar-refractivity contribution is -0.214. The van der Waals surface area contributed by atoms with E-state index in [1.54, 1.807) is 13.8 Å². The van der Waals surface area contributed by atoms with Crippen molar-refractivity contribution < 1.29 is 9.84 Å². The van der Waals surface area contributed by atoms with Gasteiger partial charge in [-0.2, -0.15) is 0 Å². The Labute approximate surface area is 119 Å². The topological polar surface area (TPSA) is 29.5 Å². The Hall–Kier alpha value is -0.0800. The Morgan fingerprint density at radius 3 is 2.42 bits per heavy atom. The van der Waals surface area contributed by atoms with Crippen LogP contribution in [0.2, 0.25) is 0 Å². The van der Waals surface area contributed by atoms with Crippen LogP contribution in [0.5, 0.6) is 0 Å². The molecule has 1 unspecified atom stereocenters. The summed E-state index contributed by atoms with van der Waals surface area (Å²) < 4.78 is 5.87. The number of rotatable bonds is 6. The predicted octanol–water partition coefficient (Wildman–Crippen LogP) is 4.61. The Kier molecular flexibility index (Phi) is 5.48. The molecule has 0 amide bonds. The molecule has 4 atom stereocenters. The molecular weight excluding hydrogens is 236 g/mol. The number of hydrogen-bond acceptors (Lipinski definition) is 2. The first-order valence-electron chi connectivity index (χ1n) is 7.98. The molecule has 2 heteroatoms. The van der Waals surface area contributed by atoms with E-state index in [1.807, 2.05) is 0 Å². The summed E-state index contributed by atoms with van der Waals surface area (Å²) in [5, 5.41) is 9.89. The van der Waals surface area contributed by atoms with Gasteiger partial charge in [0.05, 0.1) is 6.10 Å². The SMILES string of the molecule is CC[C@H](C)CC[C@@H]1C[C@@H](OC(C)(C)O)C(C)C1(C)C. The van der Waals surface area contributed by atoms with E-state index in [-0.39, 0.29) is 6.10 Å². The highest BCUT2D eigenvalue weighted by Gasteiger charge is 2.47. The quantitative estimate of drug-likeness (QED) is 0.714. The van der Waals surface area contributed by atoms with Crippen LogP contribution >= 0.6 is 0 Å². The number of aliphatic hydroxyl groups is 1. The molecule has 114 valence electrons. The molecule has 1 saturated carbocycles. The first-order valence-corrected chi connectivity index (χ1v) is 7.98. The molecule has 2 nitrogen and oxygen atoms in total. The van der Waals surface area contributed by atoms with E-state index in [0.29, 0.717) is 17.3 Å². The fourth-order valence-corrected chi connectivity index (χ4v) is 3.34. The Morgan fingerprint density at radius 1 is 1.37 bits per heavy atom. The smallest absolute Gasteiger partial charge is 0.160 e. The predicted molar refractivity (Wildman–Crippen MR) is 80.9 cm³/mol. The summed E-state index contributed by atoms with van der Waals surface area (Å²) in [6, 6.07) is 0. The van der Waals surface area contributed by atoms with Crippen LogP contribution in [0.25, 0.3) is 0 Å². The molecule has 1 aliphatic rings. The van der Waals surface area contributed by atoms with Crippen LogP contribution < -0.4 is 0 Å². The molecule has 19 heavy (non-hydrogen) atoms. The Bertz CT molecular complexity index is 277. The van der Waals surface area contributed by atoms with Gasteiger partial charge in [-0.15, -0.1) is 0 Å². The van der Waals surface area contributed by atoms with Crippen LogP contribution in [0.4, 0.5) is 0 Å². The largest absolute Gasteiger partial charge is 0.366 e. The monoisotopic (exact) mass is 270 g/mol. The standard InChI is InChI=1S/C17H34O2/c1-8-12(2)9-10-14-11-15(19-17(6,7)18)13(3)16(14,4)5/h12-15,18H,8-11H2,1-7H3/t12-,13?,14+,15+/m0/s1. The van der Waals surface area contributed by atoms with Gasteiger partial charge in [0.25, 0.3) is 0 Å². The van der Waals surface area contributed by atoms with Gasteiger partial charge in [-0.3, -0.25) is 0 Å². The van der Waals surface area contributed by atoms with E-state index in [2.05, 4.69) is 34.6 Å². The summed E-state index contributed by atoms with van der Waals surface area (Å²) in [4.78, 5) is 0. The summed E-state index contributed by atoms with van der Waals surface area (Å²) in [5.74, 6) is 1.02. The van der Waals surface area contributed by atoms with Gasteiger partial charge in [-0.1, -0.05) is 47.5 Å². The third-order valence-electron chi connectivity index (χ3n) is 5.44. The maximum absolute atomic E-state index is 9.89. The van der Waals surface area contributed by atoms with Crippen LogP contribution in [-0.4, -0.2) is 17.0 Å². The van der Waals surface area contributed by atoms with E-state index in [0.717, 1.165) is 12.3 Å². The van der Waals surface area contributed by atoms with E-state index < -0.39 is 5.79 Å². The lowest BCUT2D eigenvalue weighted by atomic mass is 9.73. The highest BCUT2D eigenvalue weighted by Crippen LogP contribution is 2.51. The van der Waals surface area contributed by atoms with Crippen molar-refractivity contribution >= 4 is 0 Å². The van der Waals surface area contributed by atoms with Crippen molar-refractivity contribution in [2.75, 3.05) is 0 Å². The van der Waals surface area contributed by atoms with Gasteiger partial charge in [-0.25, -0.2) is 0 Å². The van der Waals surface area contributed by atoms with Crippen LogP contribution in [0.3, 0.4) is 0 Å². The molecule has 0 aliphatic heterocycles. The van der Waals surface area contributed by atoms with E-state index in [1.165, 1.54) is 19.3 Å². The Morgan fingerprint density at radius 2 is 1.95 bits per heavy atom. The lowest BCUT2D eigenvalue weighted by Crippen LogP contribution is -2.34. The molecule has 1 fully saturated rings. The van der Waals surface area contributed by atoms with E-state index in [9.17, 15) is 5.11 Å². The minimum atomic E-state index is -1.01. The average molecular weight is 270 g/mol. The minimum absolute atomic E-state index is 0.192. The summed E-state index contributed by atoms with van der Waals surface area (Å²) in [6.45, 7) is 15.1. The first-order chi connectivity index (χ1) is 8.58. The zero-order chi connectivity index (χ0) is 14.8. The van der Waals surface area contributed by atoms with Gasteiger partial charge in [0.2, 0.25) is 0 Å². The maximum Gasteiger partial charge on any atom is 0.160 e. The van der Waals surface area contributed by atoms with Crippen molar-refractivity contribution in [2.45, 2.75) is 86.0 Å². The van der Waals surface area contributed by atoms with Crippen molar-refractivity contribution in [3.8, 4) is 0 Å². The summed E-state index contributed by atoms with van der Waals surface area (Å²) in [5.41, 5.74) is 0.309. The fourth-order valence-electron chi connectivity index (χ4n) is 3.34. The van der Waals surface area contributed by atoms with Crippen molar-refractivity contribution in [3.05, 3.63) is 0 Å². The molecule has 0 aromatic rings. The van der Waals surface area contributed by atoms with Crippen LogP contribution in [-0.2, 0) is 4.74 Å². The van der Waals surface area contributed by atoms with Gasteiger partial charge in [-0.05, 0) is 49.9 Å². The van der Waals surface area contributed by atoms with Crippen LogP contribution in [0.15, 0.2) is 0 Å². The van der Waals surface area contributed by atoms with Crippen LogP contribution in [0, 0.1) is 23.2 Å². The molecule has 0 bridgehead atoms. The summed E-state index contributed by atoms with van der Waals surface area (Å²) >= 11 is 0. The fraction of sp³-hybridized carbons (Fsp3) is 1.00. The lowest BCUT2D eigenvalue weighted by Gasteiger charge is -2.33. The Balaban J connectivity index is 2.64. The molecule has 0 aromatic carbocycles. The van der Waals surface area contributed by atoms with Crippen molar-refractivity contribution in [1.82, 2.24) is 0 Å². The second-order valence-corrected chi connectivity index (χ2v) is 7.74. The van der Waals surface area contributed by atoms with Gasteiger partial charge < -0.3 is 9.84 Å². The zero-order valence-electron chi connectivity index (χ0n) is 14.0. The van der Waals surface area contributed by atoms with Gasteiger partial charge >= 0.3 is 0 Å². The maximum atomic E-state index is 9.89. The van der Waals surface area contributed by atoms with Crippen molar-refractivity contribution in [1.29, 1.82) is 0 Å². The van der Waals surface area contributed by atoms with Crippen molar-refractivity contribution in [3.63, 3.8) is 0 Å². The second kappa shape index (κ2) is 6.13. The number of hydrogen-bond donors (Lipinski definition) is 1. The molecule has 1 N–H and O–H groups in total. The molecule has 0 heterocycles. The second-order valence-electron chi connectivity index (χ2n) is 7.74. The summed E-state index contributed by atoms with van der Waals surface area (Å²) in [7, 11) is 0. The van der Waals surface area contributed by atoms with Crippen LogP contribution in [0.1, 0.15) is 74.1 Å². The molecule has 1 rings (SSSR count). The van der Waals surface area contributed by atoms with Gasteiger partial charge in [0, 0.05) is 0 Å². The number of ether oxygens (including phenoxy) is 1. The highest BCUT2D eigenvalue weighted by atomic mass is 16.6. The molecule has 0 aromatic heterocycles. The third-order valence-corrected chi connectivity index (χ3v) is 5.44. The average Bonchev–Trinajstić information content (AvgIpc) is 2.48. The van der Waals surface area contributed by atoms with E-state index >= 15 is 0 Å². The molecule has 0 radical (unpaired) electrons. The highest BCUT2D eigenvalue weighted by molar-refractivity contribution is 4.96. The summed E-state index contributed by atoms with van der Waals surface area (Å²) in [6.07, 6.45) is 5.16. The molecular formula is C17H34O2. The van der Waals surface area contributed by atoms with Gasteiger partial charge in [0.15, 0.2) is 5.79 Å². The van der Waals surface area contributed by atoms with E-state index in [4.69, 9.17) is 4.74 Å². The normalized spacial score (nSPS) is 32.5. The zero-order valence-corrected chi connectivity index (χ0v) is 14.0. The molecule has 0 saturated heterocycles. The first kappa shape index (κ1) is 17.0.